The Kier molecular flexibility index (Phi) is 1.57. The number of carbonyl (C=O) groups is 1. The number of amides is 1. The lowest BCUT2D eigenvalue weighted by atomic mass is 10.1. The monoisotopic (exact) mass is 162 g/mol. The van der Waals surface area contributed by atoms with Gasteiger partial charge >= 0.3 is 0 Å². The van der Waals surface area contributed by atoms with E-state index in [4.69, 9.17) is 5.73 Å². The fraction of sp³-hybridized carbons (Fsp3) is 0.333. The van der Waals surface area contributed by atoms with Crippen molar-refractivity contribution in [3.63, 3.8) is 0 Å². The number of nitrogens with zero attached hydrogens (tertiary/aromatic N) is 1. The van der Waals surface area contributed by atoms with Gasteiger partial charge in [0.25, 0.3) is 0 Å². The molecule has 3 nitrogen and oxygen atoms in total. The van der Waals surface area contributed by atoms with Gasteiger partial charge in [0.15, 0.2) is 0 Å². The summed E-state index contributed by atoms with van der Waals surface area (Å²) in [5, 5.41) is 0. The summed E-state index contributed by atoms with van der Waals surface area (Å²) in [4.78, 5) is 14.7. The molecule has 1 aromatic heterocycles. The first kappa shape index (κ1) is 7.28. The molecule has 1 amide bonds. The number of pyridine rings is 1. The molecule has 2 N–H and O–H groups in total. The third-order valence-electron chi connectivity index (χ3n) is 2.09. The number of primary amides is 1. The minimum Gasteiger partial charge on any atom is -0.366 e. The number of hydrogen-bond donors (Lipinski definition) is 1. The molecular formula is C9H10N2O. The highest BCUT2D eigenvalue weighted by atomic mass is 16.1. The van der Waals surface area contributed by atoms with E-state index in [1.165, 1.54) is 19.0 Å². The van der Waals surface area contributed by atoms with Crippen LogP contribution in [-0.4, -0.2) is 10.9 Å². The van der Waals surface area contributed by atoms with Crippen molar-refractivity contribution < 1.29 is 4.79 Å². The van der Waals surface area contributed by atoms with Crippen molar-refractivity contribution >= 4 is 5.91 Å². The summed E-state index contributed by atoms with van der Waals surface area (Å²) in [5.74, 6) is 0.224. The summed E-state index contributed by atoms with van der Waals surface area (Å²) in [6.07, 6.45) is 5.74. The van der Waals surface area contributed by atoms with Gasteiger partial charge < -0.3 is 5.73 Å². The van der Waals surface area contributed by atoms with E-state index in [2.05, 4.69) is 4.98 Å². The van der Waals surface area contributed by atoms with E-state index >= 15 is 0 Å². The number of rotatable bonds is 2. The van der Waals surface area contributed by atoms with Crippen LogP contribution in [0.5, 0.6) is 0 Å². The largest absolute Gasteiger partial charge is 0.366 e. The molecule has 1 aliphatic rings. The molecule has 0 atom stereocenters. The first-order valence-corrected chi connectivity index (χ1v) is 4.02. The molecule has 2 rings (SSSR count). The highest BCUT2D eigenvalue weighted by Crippen LogP contribution is 2.39. The number of hydrogen-bond acceptors (Lipinski definition) is 2. The molecule has 1 saturated carbocycles. The topological polar surface area (TPSA) is 56.0 Å². The molecule has 1 aromatic rings. The van der Waals surface area contributed by atoms with Gasteiger partial charge in [-0.15, -0.1) is 0 Å². The van der Waals surface area contributed by atoms with Gasteiger partial charge in [0.05, 0.1) is 5.56 Å². The lowest BCUT2D eigenvalue weighted by Crippen LogP contribution is -2.11. The van der Waals surface area contributed by atoms with E-state index in [0.717, 1.165) is 5.56 Å². The number of aromatic nitrogens is 1. The maximum atomic E-state index is 10.8. The Morgan fingerprint density at radius 3 is 2.83 bits per heavy atom. The van der Waals surface area contributed by atoms with Crippen LogP contribution in [0.25, 0.3) is 0 Å². The average molecular weight is 162 g/mol. The molecule has 0 spiro atoms. The number of nitrogens with two attached hydrogens (primary N) is 1. The standard InChI is InChI=1S/C9H10N2O/c10-9(12)8-3-7(4-11-5-8)6-1-2-6/h3-6H,1-2H2,(H2,10,12). The predicted molar refractivity (Wildman–Crippen MR) is 44.7 cm³/mol. The third kappa shape index (κ3) is 1.30. The van der Waals surface area contributed by atoms with Crippen molar-refractivity contribution in [3.05, 3.63) is 29.6 Å². The Hall–Kier alpha value is -1.38. The molecule has 1 fully saturated rings. The van der Waals surface area contributed by atoms with Gasteiger partial charge in [0, 0.05) is 12.4 Å². The molecule has 12 heavy (non-hydrogen) atoms. The predicted octanol–water partition coefficient (Wildman–Crippen LogP) is 1.06. The summed E-state index contributed by atoms with van der Waals surface area (Å²) in [5.41, 5.74) is 6.78. The molecule has 0 bridgehead atoms. The smallest absolute Gasteiger partial charge is 0.250 e. The van der Waals surface area contributed by atoms with Gasteiger partial charge in [-0.3, -0.25) is 9.78 Å². The van der Waals surface area contributed by atoms with Crippen LogP contribution in [0, 0.1) is 0 Å². The second-order valence-electron chi connectivity index (χ2n) is 3.15. The van der Waals surface area contributed by atoms with Crippen molar-refractivity contribution in [3.8, 4) is 0 Å². The minimum absolute atomic E-state index is 0.398. The van der Waals surface area contributed by atoms with Gasteiger partial charge in [-0.1, -0.05) is 0 Å². The summed E-state index contributed by atoms with van der Waals surface area (Å²) >= 11 is 0. The first-order chi connectivity index (χ1) is 5.77. The Bertz CT molecular complexity index is 318. The summed E-state index contributed by atoms with van der Waals surface area (Å²) in [6.45, 7) is 0. The van der Waals surface area contributed by atoms with Crippen LogP contribution in [0.2, 0.25) is 0 Å². The molecule has 1 aliphatic carbocycles. The van der Waals surface area contributed by atoms with Crippen LogP contribution in [0.3, 0.4) is 0 Å². The van der Waals surface area contributed by atoms with E-state index < -0.39 is 5.91 Å². The third-order valence-corrected chi connectivity index (χ3v) is 2.09. The van der Waals surface area contributed by atoms with Gasteiger partial charge in [0.2, 0.25) is 5.91 Å². The molecular weight excluding hydrogens is 152 g/mol. The van der Waals surface area contributed by atoms with Crippen molar-refractivity contribution in [1.82, 2.24) is 4.98 Å². The Balaban J connectivity index is 2.32. The second kappa shape index (κ2) is 2.59. The minimum atomic E-state index is -0.398. The lowest BCUT2D eigenvalue weighted by molar-refractivity contribution is 0.1000. The van der Waals surface area contributed by atoms with Crippen LogP contribution >= 0.6 is 0 Å². The Morgan fingerprint density at radius 2 is 2.25 bits per heavy atom. The molecule has 1 heterocycles. The second-order valence-corrected chi connectivity index (χ2v) is 3.15. The average Bonchev–Trinajstić information content (AvgIpc) is 2.87. The van der Waals surface area contributed by atoms with E-state index in [0.29, 0.717) is 11.5 Å². The molecule has 0 radical (unpaired) electrons. The fourth-order valence-electron chi connectivity index (χ4n) is 1.23. The zero-order valence-corrected chi connectivity index (χ0v) is 6.66. The van der Waals surface area contributed by atoms with Gasteiger partial charge in [0.1, 0.15) is 0 Å². The Morgan fingerprint density at radius 1 is 1.50 bits per heavy atom. The lowest BCUT2D eigenvalue weighted by Gasteiger charge is -1.98. The van der Waals surface area contributed by atoms with E-state index in [1.807, 2.05) is 12.3 Å². The zero-order chi connectivity index (χ0) is 8.55. The highest BCUT2D eigenvalue weighted by molar-refractivity contribution is 5.92. The quantitative estimate of drug-likeness (QED) is 0.706. The van der Waals surface area contributed by atoms with Crippen molar-refractivity contribution in [2.24, 2.45) is 5.73 Å². The van der Waals surface area contributed by atoms with Gasteiger partial charge in [-0.05, 0) is 30.4 Å². The molecule has 0 aliphatic heterocycles. The Labute approximate surface area is 70.6 Å². The maximum Gasteiger partial charge on any atom is 0.250 e. The maximum absolute atomic E-state index is 10.8. The summed E-state index contributed by atoms with van der Waals surface area (Å²) in [7, 11) is 0. The van der Waals surface area contributed by atoms with E-state index in [1.54, 1.807) is 0 Å². The highest BCUT2D eigenvalue weighted by Gasteiger charge is 2.24. The van der Waals surface area contributed by atoms with Gasteiger partial charge in [-0.25, -0.2) is 0 Å². The van der Waals surface area contributed by atoms with Crippen molar-refractivity contribution in [2.45, 2.75) is 18.8 Å². The SMILES string of the molecule is NC(=O)c1cncc(C2CC2)c1. The zero-order valence-electron chi connectivity index (χ0n) is 6.66. The van der Waals surface area contributed by atoms with Crippen LogP contribution < -0.4 is 5.73 Å². The molecule has 0 saturated heterocycles. The molecule has 3 heteroatoms. The normalized spacial score (nSPS) is 16.0. The molecule has 62 valence electrons. The van der Waals surface area contributed by atoms with E-state index in [-0.39, 0.29) is 0 Å². The van der Waals surface area contributed by atoms with Crippen LogP contribution in [0.15, 0.2) is 18.5 Å². The molecule has 0 aromatic carbocycles. The van der Waals surface area contributed by atoms with Crippen LogP contribution in [-0.2, 0) is 0 Å². The molecule has 0 unspecified atom stereocenters. The summed E-state index contributed by atoms with van der Waals surface area (Å²) in [6, 6.07) is 1.84. The van der Waals surface area contributed by atoms with Crippen molar-refractivity contribution in [2.75, 3.05) is 0 Å². The van der Waals surface area contributed by atoms with Crippen molar-refractivity contribution in [1.29, 1.82) is 0 Å². The van der Waals surface area contributed by atoms with E-state index in [9.17, 15) is 4.79 Å². The van der Waals surface area contributed by atoms with Crippen LogP contribution in [0.4, 0.5) is 0 Å². The van der Waals surface area contributed by atoms with Crippen LogP contribution in [0.1, 0.15) is 34.7 Å². The van der Waals surface area contributed by atoms with Gasteiger partial charge in [-0.2, -0.15) is 0 Å². The fourth-order valence-corrected chi connectivity index (χ4v) is 1.23. The summed E-state index contributed by atoms with van der Waals surface area (Å²) < 4.78 is 0. The first-order valence-electron chi connectivity index (χ1n) is 4.02. The number of carbonyl (C=O) groups excluding carboxylic acids is 1.